The van der Waals surface area contributed by atoms with E-state index in [1.165, 1.54) is 22.3 Å². The monoisotopic (exact) mass is 470 g/mol. The number of nitrogens with zero attached hydrogens (tertiary/aromatic N) is 1. The lowest BCUT2D eigenvalue weighted by Gasteiger charge is -2.38. The van der Waals surface area contributed by atoms with Gasteiger partial charge >= 0.3 is 0 Å². The highest BCUT2D eigenvalue weighted by atomic mass is 16.5. The zero-order valence-electron chi connectivity index (χ0n) is 21.5. The molecule has 0 radical (unpaired) electrons. The van der Waals surface area contributed by atoms with Gasteiger partial charge in [0.1, 0.15) is 17.6 Å². The zero-order valence-corrected chi connectivity index (χ0v) is 21.5. The number of hydrogen-bond acceptors (Lipinski definition) is 4. The molecular formula is C31H38N2O2. The molecule has 2 aromatic rings. The third-order valence-electron chi connectivity index (χ3n) is 8.26. The van der Waals surface area contributed by atoms with Gasteiger partial charge in [-0.25, -0.2) is 0 Å². The largest absolute Gasteiger partial charge is 0.467 e. The number of benzene rings is 2. The maximum atomic E-state index is 9.10. The van der Waals surface area contributed by atoms with Crippen LogP contribution in [-0.2, 0) is 9.47 Å². The van der Waals surface area contributed by atoms with Crippen molar-refractivity contribution in [1.29, 1.82) is 5.41 Å². The molecule has 4 heteroatoms. The quantitative estimate of drug-likeness (QED) is 0.499. The number of nitrogens with one attached hydrogen (secondary N) is 1. The molecule has 184 valence electrons. The maximum absolute atomic E-state index is 9.10. The van der Waals surface area contributed by atoms with Gasteiger partial charge in [-0.3, -0.25) is 0 Å². The van der Waals surface area contributed by atoms with E-state index in [0.29, 0.717) is 0 Å². The molecule has 2 heterocycles. The Bertz CT molecular complexity index is 1090. The van der Waals surface area contributed by atoms with Gasteiger partial charge in [-0.2, -0.15) is 0 Å². The molecule has 3 aliphatic rings. The van der Waals surface area contributed by atoms with Gasteiger partial charge in [0.15, 0.2) is 0 Å². The predicted molar refractivity (Wildman–Crippen MR) is 141 cm³/mol. The van der Waals surface area contributed by atoms with Crippen LogP contribution in [0.25, 0.3) is 0 Å². The lowest BCUT2D eigenvalue weighted by molar-refractivity contribution is -0.0297. The number of likely N-dealkylation sites (tertiary alicyclic amines) is 1. The van der Waals surface area contributed by atoms with Crippen molar-refractivity contribution >= 4 is 5.71 Å². The molecule has 1 saturated heterocycles. The Morgan fingerprint density at radius 3 is 2.09 bits per heavy atom. The van der Waals surface area contributed by atoms with Crippen LogP contribution >= 0.6 is 0 Å². The minimum Gasteiger partial charge on any atom is -0.467 e. The minimum absolute atomic E-state index is 0.0366. The molecule has 0 aromatic heterocycles. The van der Waals surface area contributed by atoms with E-state index in [1.807, 2.05) is 6.92 Å². The third-order valence-corrected chi connectivity index (χ3v) is 8.26. The van der Waals surface area contributed by atoms with Crippen molar-refractivity contribution < 1.29 is 9.47 Å². The first-order valence-electron chi connectivity index (χ1n) is 13.0. The van der Waals surface area contributed by atoms with E-state index in [4.69, 9.17) is 14.9 Å². The van der Waals surface area contributed by atoms with Crippen LogP contribution in [0.15, 0.2) is 83.3 Å². The number of rotatable bonds is 6. The van der Waals surface area contributed by atoms with E-state index in [2.05, 4.69) is 86.3 Å². The zero-order chi connectivity index (χ0) is 24.6. The average molecular weight is 471 g/mol. The van der Waals surface area contributed by atoms with E-state index >= 15 is 0 Å². The van der Waals surface area contributed by atoms with E-state index in [9.17, 15) is 0 Å². The standard InChI is InChI=1S/C31H38N2O2/c1-21-22(2)34-23(3)27-19-31(4,30(32)28(21)27)20-33-17-15-26(16-18-33)35-29(24-11-7-5-8-12-24)25-13-9-6-10-14-25/h5-14,26,28-29,32H,15-20H2,1-4H3. The molecule has 2 atom stereocenters. The topological polar surface area (TPSA) is 45.6 Å². The molecule has 2 aromatic carbocycles. The smallest absolute Gasteiger partial charge is 0.108 e. The highest BCUT2D eigenvalue weighted by molar-refractivity contribution is 5.97. The first-order valence-corrected chi connectivity index (χ1v) is 13.0. The second-order valence-corrected chi connectivity index (χ2v) is 10.8. The molecule has 2 aliphatic heterocycles. The number of allylic oxidation sites excluding steroid dienone is 4. The molecule has 35 heavy (non-hydrogen) atoms. The van der Waals surface area contributed by atoms with Crippen molar-refractivity contribution in [3.63, 3.8) is 0 Å². The van der Waals surface area contributed by atoms with Gasteiger partial charge in [0.2, 0.25) is 0 Å². The summed E-state index contributed by atoms with van der Waals surface area (Å²) >= 11 is 0. The molecular weight excluding hydrogens is 432 g/mol. The van der Waals surface area contributed by atoms with Gasteiger partial charge in [0.25, 0.3) is 0 Å². The Kier molecular flexibility index (Phi) is 6.69. The Morgan fingerprint density at radius 2 is 1.51 bits per heavy atom. The predicted octanol–water partition coefficient (Wildman–Crippen LogP) is 6.90. The van der Waals surface area contributed by atoms with Crippen LogP contribution < -0.4 is 0 Å². The Balaban J connectivity index is 1.24. The molecule has 1 saturated carbocycles. The van der Waals surface area contributed by atoms with E-state index in [0.717, 1.165) is 56.1 Å². The summed E-state index contributed by atoms with van der Waals surface area (Å²) in [5.74, 6) is 2.10. The van der Waals surface area contributed by atoms with Crippen molar-refractivity contribution in [3.8, 4) is 0 Å². The van der Waals surface area contributed by atoms with Gasteiger partial charge in [-0.05, 0) is 62.3 Å². The summed E-state index contributed by atoms with van der Waals surface area (Å²) in [7, 11) is 0. The average Bonchev–Trinajstić information content (AvgIpc) is 3.14. The normalized spacial score (nSPS) is 25.9. The first-order chi connectivity index (χ1) is 16.9. The van der Waals surface area contributed by atoms with Crippen LogP contribution in [0.3, 0.4) is 0 Å². The fraction of sp³-hybridized carbons (Fsp3) is 0.452. The number of fused-ring (bicyclic) bond motifs is 1. The Labute approximate surface area is 210 Å². The van der Waals surface area contributed by atoms with Crippen LogP contribution in [0, 0.1) is 16.7 Å². The highest BCUT2D eigenvalue weighted by Crippen LogP contribution is 2.50. The summed E-state index contributed by atoms with van der Waals surface area (Å²) in [4.78, 5) is 2.55. The lowest BCUT2D eigenvalue weighted by Crippen LogP contribution is -2.44. The van der Waals surface area contributed by atoms with Crippen molar-refractivity contribution in [1.82, 2.24) is 4.90 Å². The molecule has 1 N–H and O–H groups in total. The van der Waals surface area contributed by atoms with Crippen LogP contribution in [0.1, 0.15) is 64.2 Å². The Hall–Kier alpha value is -2.69. The van der Waals surface area contributed by atoms with Crippen LogP contribution in [0.4, 0.5) is 0 Å². The molecule has 0 bridgehead atoms. The second kappa shape index (κ2) is 9.75. The fourth-order valence-corrected chi connectivity index (χ4v) is 6.16. The van der Waals surface area contributed by atoms with Crippen LogP contribution in [0.5, 0.6) is 0 Å². The maximum Gasteiger partial charge on any atom is 0.108 e. The summed E-state index contributed by atoms with van der Waals surface area (Å²) in [6, 6.07) is 21.1. The van der Waals surface area contributed by atoms with Gasteiger partial charge in [-0.15, -0.1) is 0 Å². The van der Waals surface area contributed by atoms with E-state index in [1.54, 1.807) is 0 Å². The minimum atomic E-state index is -0.138. The summed E-state index contributed by atoms with van der Waals surface area (Å²) in [6.45, 7) is 11.5. The van der Waals surface area contributed by atoms with Crippen molar-refractivity contribution in [3.05, 3.63) is 94.5 Å². The van der Waals surface area contributed by atoms with Crippen molar-refractivity contribution in [2.24, 2.45) is 11.3 Å². The molecule has 4 nitrogen and oxygen atoms in total. The third kappa shape index (κ3) is 4.74. The first kappa shape index (κ1) is 24.0. The second-order valence-electron chi connectivity index (χ2n) is 10.8. The van der Waals surface area contributed by atoms with Gasteiger partial charge in [0, 0.05) is 36.7 Å². The van der Waals surface area contributed by atoms with E-state index < -0.39 is 0 Å². The summed E-state index contributed by atoms with van der Waals surface area (Å²) in [5.41, 5.74) is 5.66. The number of hydrogen-bond donors (Lipinski definition) is 1. The number of ether oxygens (including phenoxy) is 2. The van der Waals surface area contributed by atoms with Crippen LogP contribution in [0.2, 0.25) is 0 Å². The van der Waals surface area contributed by atoms with E-state index in [-0.39, 0.29) is 23.5 Å². The van der Waals surface area contributed by atoms with Crippen LogP contribution in [-0.4, -0.2) is 36.3 Å². The van der Waals surface area contributed by atoms with Gasteiger partial charge in [0.05, 0.1) is 6.10 Å². The fourth-order valence-electron chi connectivity index (χ4n) is 6.16. The lowest BCUT2D eigenvalue weighted by atomic mass is 9.82. The Morgan fingerprint density at radius 1 is 0.943 bits per heavy atom. The molecule has 2 fully saturated rings. The molecule has 2 unspecified atom stereocenters. The molecule has 0 amide bonds. The van der Waals surface area contributed by atoms with Crippen molar-refractivity contribution in [2.45, 2.75) is 59.2 Å². The van der Waals surface area contributed by atoms with Gasteiger partial charge < -0.3 is 19.8 Å². The summed E-state index contributed by atoms with van der Waals surface area (Å²) in [6.07, 6.45) is 3.16. The molecule has 5 rings (SSSR count). The molecule has 1 aliphatic carbocycles. The SMILES string of the molecule is CC1=C(C)C2C(=N)C(C)(CN3CCC(OC(c4ccccc4)c4ccccc4)CC3)CC2=C(C)O1. The van der Waals surface area contributed by atoms with Crippen molar-refractivity contribution in [2.75, 3.05) is 19.6 Å². The molecule has 0 spiro atoms. The number of piperidine rings is 1. The van der Waals surface area contributed by atoms with Gasteiger partial charge in [-0.1, -0.05) is 67.6 Å². The summed E-state index contributed by atoms with van der Waals surface area (Å²) in [5, 5.41) is 9.10. The highest BCUT2D eigenvalue weighted by Gasteiger charge is 2.48. The summed E-state index contributed by atoms with van der Waals surface area (Å²) < 4.78 is 12.7.